The molecule has 12 heavy (non-hydrogen) atoms. The van der Waals surface area contributed by atoms with Crippen LogP contribution in [0.3, 0.4) is 0 Å². The number of carbonyl (C=O) groups is 1. The molecule has 0 unspecified atom stereocenters. The Labute approximate surface area is 71.0 Å². The van der Waals surface area contributed by atoms with Crippen molar-refractivity contribution in [2.45, 2.75) is 26.8 Å². The lowest BCUT2D eigenvalue weighted by Gasteiger charge is -2.06. The Balaban J connectivity index is 2.64. The molecule has 0 aliphatic heterocycles. The molecule has 0 aliphatic rings. The van der Waals surface area contributed by atoms with Crippen LogP contribution in [-0.4, -0.2) is 10.9 Å². The highest BCUT2D eigenvalue weighted by Crippen LogP contribution is 2.10. The molecule has 0 aliphatic carbocycles. The molecule has 66 valence electrons. The van der Waals surface area contributed by atoms with Crippen molar-refractivity contribution in [3.05, 3.63) is 17.8 Å². The Morgan fingerprint density at radius 2 is 2.42 bits per heavy atom. The van der Waals surface area contributed by atoms with Crippen LogP contribution in [0, 0.1) is 6.92 Å². The quantitative estimate of drug-likeness (QED) is 0.721. The number of rotatable bonds is 2. The number of nitrogens with zero attached hydrogens (tertiary/aromatic N) is 1. The Hall–Kier alpha value is -1.32. The van der Waals surface area contributed by atoms with Gasteiger partial charge in [-0.3, -0.25) is 4.79 Å². The summed E-state index contributed by atoms with van der Waals surface area (Å²) >= 11 is 0. The largest absolute Gasteiger partial charge is 0.446 e. The highest BCUT2D eigenvalue weighted by atomic mass is 16.3. The van der Waals surface area contributed by atoms with Crippen molar-refractivity contribution < 1.29 is 9.21 Å². The summed E-state index contributed by atoms with van der Waals surface area (Å²) < 4.78 is 5.10. The number of oxazole rings is 1. The third-order valence-corrected chi connectivity index (χ3v) is 1.43. The van der Waals surface area contributed by atoms with E-state index in [-0.39, 0.29) is 11.9 Å². The number of hydrogen-bond donors (Lipinski definition) is 1. The smallest absolute Gasteiger partial charge is 0.217 e. The van der Waals surface area contributed by atoms with Gasteiger partial charge in [0.15, 0.2) is 0 Å². The van der Waals surface area contributed by atoms with E-state index in [0.29, 0.717) is 5.89 Å². The highest BCUT2D eigenvalue weighted by molar-refractivity contribution is 5.73. The summed E-state index contributed by atoms with van der Waals surface area (Å²) in [6.07, 6.45) is 1.56. The van der Waals surface area contributed by atoms with Crippen LogP contribution in [0.15, 0.2) is 10.7 Å². The molecule has 1 heterocycles. The Morgan fingerprint density at radius 1 is 1.75 bits per heavy atom. The zero-order chi connectivity index (χ0) is 9.14. The van der Waals surface area contributed by atoms with Gasteiger partial charge in [-0.05, 0) is 13.8 Å². The SMILES string of the molecule is CC(=O)N[C@@H](C)c1nc(C)co1. The monoisotopic (exact) mass is 168 g/mol. The summed E-state index contributed by atoms with van der Waals surface area (Å²) in [5.74, 6) is 0.459. The Bertz CT molecular complexity index is 280. The summed E-state index contributed by atoms with van der Waals surface area (Å²) in [4.78, 5) is 14.7. The average Bonchev–Trinajstić information content (AvgIpc) is 2.34. The molecule has 0 aromatic carbocycles. The van der Waals surface area contributed by atoms with E-state index in [4.69, 9.17) is 4.42 Å². The molecule has 0 saturated carbocycles. The van der Waals surface area contributed by atoms with Crippen molar-refractivity contribution in [3.8, 4) is 0 Å². The summed E-state index contributed by atoms with van der Waals surface area (Å²) in [5, 5.41) is 2.68. The normalized spacial score (nSPS) is 12.6. The number of nitrogens with one attached hydrogen (secondary N) is 1. The van der Waals surface area contributed by atoms with E-state index in [0.717, 1.165) is 5.69 Å². The van der Waals surface area contributed by atoms with Gasteiger partial charge in [-0.15, -0.1) is 0 Å². The van der Waals surface area contributed by atoms with Crippen LogP contribution in [0.1, 0.15) is 31.5 Å². The van der Waals surface area contributed by atoms with Crippen LogP contribution in [0.4, 0.5) is 0 Å². The van der Waals surface area contributed by atoms with Crippen LogP contribution in [0.5, 0.6) is 0 Å². The average molecular weight is 168 g/mol. The lowest BCUT2D eigenvalue weighted by molar-refractivity contribution is -0.119. The molecule has 1 atom stereocenters. The van der Waals surface area contributed by atoms with Crippen LogP contribution < -0.4 is 5.32 Å². The lowest BCUT2D eigenvalue weighted by atomic mass is 10.3. The van der Waals surface area contributed by atoms with Crippen molar-refractivity contribution in [1.29, 1.82) is 0 Å². The van der Waals surface area contributed by atoms with Gasteiger partial charge in [-0.2, -0.15) is 0 Å². The molecule has 0 spiro atoms. The Kier molecular flexibility index (Phi) is 2.47. The summed E-state index contributed by atoms with van der Waals surface area (Å²) in [7, 11) is 0. The van der Waals surface area contributed by atoms with Crippen molar-refractivity contribution in [2.24, 2.45) is 0 Å². The molecule has 4 nitrogen and oxygen atoms in total. The highest BCUT2D eigenvalue weighted by Gasteiger charge is 2.11. The third-order valence-electron chi connectivity index (χ3n) is 1.43. The molecule has 1 aromatic rings. The molecule has 1 amide bonds. The van der Waals surface area contributed by atoms with Gasteiger partial charge >= 0.3 is 0 Å². The summed E-state index contributed by atoms with van der Waals surface area (Å²) in [5.41, 5.74) is 0.821. The van der Waals surface area contributed by atoms with Gasteiger partial charge in [0.25, 0.3) is 0 Å². The number of hydrogen-bond acceptors (Lipinski definition) is 3. The molecule has 0 saturated heterocycles. The van der Waals surface area contributed by atoms with Gasteiger partial charge in [-0.25, -0.2) is 4.98 Å². The second-order valence-corrected chi connectivity index (χ2v) is 2.75. The first-order valence-electron chi connectivity index (χ1n) is 3.78. The van der Waals surface area contributed by atoms with Gasteiger partial charge in [0.2, 0.25) is 11.8 Å². The van der Waals surface area contributed by atoms with Crippen LogP contribution in [0.25, 0.3) is 0 Å². The number of aryl methyl sites for hydroxylation is 1. The fourth-order valence-electron chi connectivity index (χ4n) is 0.938. The van der Waals surface area contributed by atoms with E-state index in [1.807, 2.05) is 13.8 Å². The number of aromatic nitrogens is 1. The van der Waals surface area contributed by atoms with Crippen molar-refractivity contribution in [3.63, 3.8) is 0 Å². The van der Waals surface area contributed by atoms with E-state index in [9.17, 15) is 4.79 Å². The van der Waals surface area contributed by atoms with Crippen LogP contribution in [-0.2, 0) is 4.79 Å². The second kappa shape index (κ2) is 3.38. The first-order chi connectivity index (χ1) is 5.59. The minimum atomic E-state index is -0.156. The van der Waals surface area contributed by atoms with Crippen LogP contribution >= 0.6 is 0 Å². The number of amides is 1. The maximum atomic E-state index is 10.7. The molecule has 0 radical (unpaired) electrons. The van der Waals surface area contributed by atoms with Crippen molar-refractivity contribution in [2.75, 3.05) is 0 Å². The zero-order valence-corrected chi connectivity index (χ0v) is 7.42. The van der Waals surface area contributed by atoms with Crippen molar-refractivity contribution in [1.82, 2.24) is 10.3 Å². The minimum absolute atomic E-state index is 0.0849. The molecule has 1 rings (SSSR count). The third kappa shape index (κ3) is 2.08. The predicted molar refractivity (Wildman–Crippen MR) is 43.5 cm³/mol. The van der Waals surface area contributed by atoms with E-state index in [1.165, 1.54) is 6.92 Å². The second-order valence-electron chi connectivity index (χ2n) is 2.75. The summed E-state index contributed by atoms with van der Waals surface area (Å²) in [6, 6.07) is -0.156. The molecule has 0 bridgehead atoms. The molecule has 0 fully saturated rings. The maximum absolute atomic E-state index is 10.7. The topological polar surface area (TPSA) is 55.1 Å². The van der Waals surface area contributed by atoms with Crippen LogP contribution in [0.2, 0.25) is 0 Å². The van der Waals surface area contributed by atoms with E-state index < -0.39 is 0 Å². The van der Waals surface area contributed by atoms with E-state index in [2.05, 4.69) is 10.3 Å². The summed E-state index contributed by atoms with van der Waals surface area (Å²) in [6.45, 7) is 5.13. The molecule has 1 N–H and O–H groups in total. The first kappa shape index (κ1) is 8.77. The molecular formula is C8H12N2O2. The minimum Gasteiger partial charge on any atom is -0.446 e. The van der Waals surface area contributed by atoms with Crippen molar-refractivity contribution >= 4 is 5.91 Å². The van der Waals surface area contributed by atoms with Gasteiger partial charge < -0.3 is 9.73 Å². The predicted octanol–water partition coefficient (Wildman–Crippen LogP) is 1.18. The standard InChI is InChI=1S/C8H12N2O2/c1-5-4-12-8(9-5)6(2)10-7(3)11/h4,6H,1-3H3,(H,10,11)/t6-/m0/s1. The van der Waals surface area contributed by atoms with E-state index >= 15 is 0 Å². The van der Waals surface area contributed by atoms with E-state index in [1.54, 1.807) is 6.26 Å². The molecule has 4 heteroatoms. The zero-order valence-electron chi connectivity index (χ0n) is 7.42. The molecule has 1 aromatic heterocycles. The number of carbonyl (C=O) groups excluding carboxylic acids is 1. The fraction of sp³-hybridized carbons (Fsp3) is 0.500. The van der Waals surface area contributed by atoms with Gasteiger partial charge in [0.05, 0.1) is 5.69 Å². The first-order valence-corrected chi connectivity index (χ1v) is 3.78. The van der Waals surface area contributed by atoms with Gasteiger partial charge in [-0.1, -0.05) is 0 Å². The Morgan fingerprint density at radius 3 is 2.83 bits per heavy atom. The molecular weight excluding hydrogens is 156 g/mol. The maximum Gasteiger partial charge on any atom is 0.217 e. The van der Waals surface area contributed by atoms with Gasteiger partial charge in [0.1, 0.15) is 12.3 Å². The van der Waals surface area contributed by atoms with Gasteiger partial charge in [0, 0.05) is 6.92 Å². The fourth-order valence-corrected chi connectivity index (χ4v) is 0.938. The lowest BCUT2D eigenvalue weighted by Crippen LogP contribution is -2.23.